The average Bonchev–Trinajstić information content (AvgIpc) is 2.63. The normalized spacial score (nSPS) is 17.8. The van der Waals surface area contributed by atoms with Crippen molar-refractivity contribution in [3.63, 3.8) is 0 Å². The Morgan fingerprint density at radius 1 is 1.50 bits per heavy atom. The van der Waals surface area contributed by atoms with E-state index in [1.807, 2.05) is 25.1 Å². The van der Waals surface area contributed by atoms with Crippen LogP contribution < -0.4 is 9.47 Å². The van der Waals surface area contributed by atoms with Crippen molar-refractivity contribution in [3.8, 4) is 11.5 Å². The Kier molecular flexibility index (Phi) is 3.33. The van der Waals surface area contributed by atoms with Gasteiger partial charge < -0.3 is 9.47 Å². The third-order valence-corrected chi connectivity index (χ3v) is 3.16. The Labute approximate surface area is 108 Å². The van der Waals surface area contributed by atoms with E-state index in [4.69, 9.17) is 9.47 Å². The molecule has 1 aliphatic rings. The first-order valence-corrected chi connectivity index (χ1v) is 6.43. The number of ether oxygens (including phenoxy) is 2. The Bertz CT molecular complexity index is 463. The molecule has 1 aromatic carbocycles. The lowest BCUT2D eigenvalue weighted by Gasteiger charge is -2.19. The molecule has 1 unspecified atom stereocenters. The quantitative estimate of drug-likeness (QED) is 0.821. The molecular weight excluding hydrogens is 228 g/mol. The number of hydrogen-bond acceptors (Lipinski definition) is 3. The molecule has 2 rings (SSSR count). The zero-order valence-corrected chi connectivity index (χ0v) is 11.4. The topological polar surface area (TPSA) is 35.5 Å². The second kappa shape index (κ2) is 4.63. The minimum Gasteiger partial charge on any atom is -0.483 e. The van der Waals surface area contributed by atoms with Crippen LogP contribution in [0.2, 0.25) is 0 Å². The van der Waals surface area contributed by atoms with Crippen molar-refractivity contribution in [2.24, 2.45) is 0 Å². The Balaban J connectivity index is 2.22. The van der Waals surface area contributed by atoms with Crippen molar-refractivity contribution < 1.29 is 14.3 Å². The summed E-state index contributed by atoms with van der Waals surface area (Å²) in [5.74, 6) is 1.57. The molecule has 1 aliphatic heterocycles. The first-order valence-electron chi connectivity index (χ1n) is 6.43. The monoisotopic (exact) mass is 248 g/mol. The van der Waals surface area contributed by atoms with Gasteiger partial charge in [-0.1, -0.05) is 19.1 Å². The largest absolute Gasteiger partial charge is 0.483 e. The second-order valence-electron chi connectivity index (χ2n) is 5.36. The fourth-order valence-corrected chi connectivity index (χ4v) is 2.22. The summed E-state index contributed by atoms with van der Waals surface area (Å²) < 4.78 is 11.6. The van der Waals surface area contributed by atoms with Gasteiger partial charge in [-0.05, 0) is 26.8 Å². The van der Waals surface area contributed by atoms with Gasteiger partial charge in [-0.15, -0.1) is 0 Å². The molecule has 1 heterocycles. The van der Waals surface area contributed by atoms with E-state index in [-0.39, 0.29) is 11.4 Å². The third kappa shape index (κ3) is 2.50. The standard InChI is InChI=1S/C15H20O3/c1-5-12(16)10(2)17-13-8-6-7-11-9-15(3,4)18-14(11)13/h6-8,10H,5,9H2,1-4H3. The molecule has 1 aromatic rings. The smallest absolute Gasteiger partial charge is 0.172 e. The second-order valence-corrected chi connectivity index (χ2v) is 5.36. The first kappa shape index (κ1) is 12.9. The zero-order valence-electron chi connectivity index (χ0n) is 11.4. The summed E-state index contributed by atoms with van der Waals surface area (Å²) in [6.07, 6.45) is 0.937. The Morgan fingerprint density at radius 3 is 2.89 bits per heavy atom. The zero-order chi connectivity index (χ0) is 13.3. The maximum atomic E-state index is 11.6. The lowest BCUT2D eigenvalue weighted by atomic mass is 10.0. The fourth-order valence-electron chi connectivity index (χ4n) is 2.22. The highest BCUT2D eigenvalue weighted by atomic mass is 16.5. The number of carbonyl (C=O) groups is 1. The molecule has 0 bridgehead atoms. The molecule has 0 saturated heterocycles. The number of hydrogen-bond donors (Lipinski definition) is 0. The summed E-state index contributed by atoms with van der Waals surface area (Å²) >= 11 is 0. The van der Waals surface area contributed by atoms with Crippen LogP contribution in [0.3, 0.4) is 0 Å². The summed E-state index contributed by atoms with van der Waals surface area (Å²) in [6, 6.07) is 5.85. The van der Waals surface area contributed by atoms with Gasteiger partial charge in [0, 0.05) is 18.4 Å². The summed E-state index contributed by atoms with van der Waals surface area (Å²) in [7, 11) is 0. The third-order valence-electron chi connectivity index (χ3n) is 3.16. The molecule has 0 aromatic heterocycles. The van der Waals surface area contributed by atoms with Crippen LogP contribution in [-0.2, 0) is 11.2 Å². The van der Waals surface area contributed by atoms with Gasteiger partial charge in [-0.3, -0.25) is 4.79 Å². The average molecular weight is 248 g/mol. The van der Waals surface area contributed by atoms with Crippen LogP contribution in [0.5, 0.6) is 11.5 Å². The molecule has 0 saturated carbocycles. The van der Waals surface area contributed by atoms with Gasteiger partial charge in [0.15, 0.2) is 23.4 Å². The van der Waals surface area contributed by atoms with Gasteiger partial charge >= 0.3 is 0 Å². The van der Waals surface area contributed by atoms with Crippen LogP contribution in [0.25, 0.3) is 0 Å². The number of para-hydroxylation sites is 1. The molecule has 0 N–H and O–H groups in total. The summed E-state index contributed by atoms with van der Waals surface area (Å²) in [6.45, 7) is 7.73. The maximum Gasteiger partial charge on any atom is 0.172 e. The Morgan fingerprint density at radius 2 is 2.22 bits per heavy atom. The molecule has 98 valence electrons. The van der Waals surface area contributed by atoms with Crippen LogP contribution in [0.1, 0.15) is 39.7 Å². The van der Waals surface area contributed by atoms with Crippen LogP contribution in [-0.4, -0.2) is 17.5 Å². The van der Waals surface area contributed by atoms with Crippen LogP contribution >= 0.6 is 0 Å². The first-order chi connectivity index (χ1) is 8.43. The fraction of sp³-hybridized carbons (Fsp3) is 0.533. The van der Waals surface area contributed by atoms with Gasteiger partial charge in [0.2, 0.25) is 0 Å². The molecule has 3 nitrogen and oxygen atoms in total. The molecule has 0 fully saturated rings. The van der Waals surface area contributed by atoms with E-state index in [2.05, 4.69) is 13.8 Å². The molecule has 3 heteroatoms. The number of ketones is 1. The Hall–Kier alpha value is -1.51. The number of benzene rings is 1. The van der Waals surface area contributed by atoms with Crippen LogP contribution in [0, 0.1) is 0 Å². The lowest BCUT2D eigenvalue weighted by molar-refractivity contribution is -0.124. The SMILES string of the molecule is CCC(=O)C(C)Oc1cccc2c1OC(C)(C)C2. The number of rotatable bonds is 4. The maximum absolute atomic E-state index is 11.6. The highest BCUT2D eigenvalue weighted by molar-refractivity contribution is 5.82. The number of Topliss-reactive ketones (excluding diaryl/α,β-unsaturated/α-hetero) is 1. The van der Waals surface area contributed by atoms with Gasteiger partial charge in [0.25, 0.3) is 0 Å². The number of carbonyl (C=O) groups excluding carboxylic acids is 1. The van der Waals surface area contributed by atoms with E-state index in [9.17, 15) is 4.79 Å². The van der Waals surface area contributed by atoms with Gasteiger partial charge in [0.1, 0.15) is 5.60 Å². The van der Waals surface area contributed by atoms with Crippen molar-refractivity contribution in [3.05, 3.63) is 23.8 Å². The van der Waals surface area contributed by atoms with Gasteiger partial charge in [-0.25, -0.2) is 0 Å². The summed E-state index contributed by atoms with van der Waals surface area (Å²) in [5.41, 5.74) is 0.952. The van der Waals surface area contributed by atoms with Crippen LogP contribution in [0.15, 0.2) is 18.2 Å². The minimum atomic E-state index is -0.422. The van der Waals surface area contributed by atoms with E-state index in [0.29, 0.717) is 12.2 Å². The van der Waals surface area contributed by atoms with Crippen molar-refractivity contribution in [1.82, 2.24) is 0 Å². The van der Waals surface area contributed by atoms with Crippen molar-refractivity contribution in [1.29, 1.82) is 0 Å². The summed E-state index contributed by atoms with van der Waals surface area (Å²) in [4.78, 5) is 11.6. The van der Waals surface area contributed by atoms with E-state index in [1.165, 1.54) is 0 Å². The van der Waals surface area contributed by atoms with E-state index >= 15 is 0 Å². The molecule has 0 spiro atoms. The summed E-state index contributed by atoms with van der Waals surface area (Å²) in [5, 5.41) is 0. The van der Waals surface area contributed by atoms with E-state index < -0.39 is 6.10 Å². The molecule has 0 amide bonds. The highest BCUT2D eigenvalue weighted by Gasteiger charge is 2.32. The predicted molar refractivity (Wildman–Crippen MR) is 70.2 cm³/mol. The number of fused-ring (bicyclic) bond motifs is 1. The van der Waals surface area contributed by atoms with Crippen LogP contribution in [0.4, 0.5) is 0 Å². The predicted octanol–water partition coefficient (Wildman–Crippen LogP) is 3.15. The van der Waals surface area contributed by atoms with Gasteiger partial charge in [0.05, 0.1) is 0 Å². The van der Waals surface area contributed by atoms with Crippen molar-refractivity contribution in [2.75, 3.05) is 0 Å². The lowest BCUT2D eigenvalue weighted by Crippen LogP contribution is -2.25. The molecule has 1 atom stereocenters. The van der Waals surface area contributed by atoms with E-state index in [1.54, 1.807) is 6.92 Å². The molecule has 0 radical (unpaired) electrons. The van der Waals surface area contributed by atoms with E-state index in [0.717, 1.165) is 17.7 Å². The molecular formula is C15H20O3. The molecule has 18 heavy (non-hydrogen) atoms. The highest BCUT2D eigenvalue weighted by Crippen LogP contribution is 2.42. The minimum absolute atomic E-state index is 0.102. The van der Waals surface area contributed by atoms with Gasteiger partial charge in [-0.2, -0.15) is 0 Å². The molecule has 0 aliphatic carbocycles. The van der Waals surface area contributed by atoms with Crippen molar-refractivity contribution in [2.45, 2.75) is 52.2 Å². The van der Waals surface area contributed by atoms with Crippen molar-refractivity contribution >= 4 is 5.78 Å².